The number of fused-ring (bicyclic) bond motifs is 2. The average Bonchev–Trinajstić information content (AvgIpc) is 3.75. The number of rotatable bonds is 8. The van der Waals surface area contributed by atoms with Crippen LogP contribution in [-0.2, 0) is 46.2 Å². The lowest BCUT2D eigenvalue weighted by molar-refractivity contribution is -0.138. The molecule has 1 N–H and O–H groups in total. The number of methoxy groups -OCH3 is 1. The van der Waals surface area contributed by atoms with E-state index in [0.29, 0.717) is 53.7 Å². The van der Waals surface area contributed by atoms with Gasteiger partial charge in [0.05, 0.1) is 29.7 Å². The van der Waals surface area contributed by atoms with Gasteiger partial charge in [-0.25, -0.2) is 43.3 Å². The predicted octanol–water partition coefficient (Wildman–Crippen LogP) is 7.74. The molecule has 0 aliphatic carbocycles. The van der Waals surface area contributed by atoms with Crippen molar-refractivity contribution in [2.75, 3.05) is 25.3 Å². The van der Waals surface area contributed by atoms with Gasteiger partial charge in [0.15, 0.2) is 11.6 Å². The van der Waals surface area contributed by atoms with Crippen LogP contribution in [-0.4, -0.2) is 68.6 Å². The number of halogens is 4. The van der Waals surface area contributed by atoms with Crippen LogP contribution in [0.15, 0.2) is 48.9 Å². The van der Waals surface area contributed by atoms with E-state index in [1.54, 1.807) is 36.4 Å². The van der Waals surface area contributed by atoms with E-state index in [-0.39, 0.29) is 23.8 Å². The summed E-state index contributed by atoms with van der Waals surface area (Å²) < 4.78 is 79.4. The molecule has 0 saturated heterocycles. The number of hydrogen-bond donors (Lipinski definition) is 1. The van der Waals surface area contributed by atoms with E-state index < -0.39 is 48.2 Å². The summed E-state index contributed by atoms with van der Waals surface area (Å²) in [6.45, 7) is 8.37. The van der Waals surface area contributed by atoms with Crippen LogP contribution in [0.25, 0.3) is 27.8 Å². The van der Waals surface area contributed by atoms with Gasteiger partial charge in [-0.1, -0.05) is 32.0 Å². The number of amides is 2. The van der Waals surface area contributed by atoms with Crippen LogP contribution in [0.4, 0.5) is 37.9 Å². The van der Waals surface area contributed by atoms with E-state index in [9.17, 15) is 27.6 Å². The van der Waals surface area contributed by atoms with Crippen LogP contribution in [0, 0.1) is 5.82 Å². The third kappa shape index (κ3) is 7.94. The first kappa shape index (κ1) is 39.5. The summed E-state index contributed by atoms with van der Waals surface area (Å²) >= 11 is 0. The van der Waals surface area contributed by atoms with Crippen molar-refractivity contribution in [1.82, 2.24) is 29.6 Å². The first-order chi connectivity index (χ1) is 26.5. The normalized spacial score (nSPS) is 13.0. The zero-order valence-corrected chi connectivity index (χ0v) is 31.4. The van der Waals surface area contributed by atoms with Gasteiger partial charge < -0.3 is 23.8 Å². The van der Waals surface area contributed by atoms with Gasteiger partial charge in [0.25, 0.3) is 0 Å². The molecule has 0 spiro atoms. The number of alkyl carbamates (subject to hydrolysis) is 2. The molecule has 0 fully saturated rings. The smallest absolute Gasteiger partial charge is 0.421 e. The maximum absolute atomic E-state index is 16.3. The number of aryl methyl sites for hydroxylation is 2. The fraction of sp³-hybridized carbons (Fsp3) is 0.368. The average molecular weight is 782 g/mol. The topological polar surface area (TPSA) is 152 Å². The second kappa shape index (κ2) is 15.5. The molecule has 2 aromatic carbocycles. The second-order valence-electron chi connectivity index (χ2n) is 13.7. The molecule has 6 rings (SSSR count). The Morgan fingerprint density at radius 2 is 1.64 bits per heavy atom. The third-order valence-electron chi connectivity index (χ3n) is 8.97. The van der Waals surface area contributed by atoms with Crippen LogP contribution in [0.3, 0.4) is 0 Å². The third-order valence-corrected chi connectivity index (χ3v) is 8.97. The number of nitrogens with one attached hydrogen (secondary N) is 1. The molecule has 0 atom stereocenters. The molecular formula is C38H39F4N7O7. The van der Waals surface area contributed by atoms with Gasteiger partial charge in [-0.2, -0.15) is 18.3 Å². The van der Waals surface area contributed by atoms with E-state index >= 15 is 4.39 Å². The molecule has 0 unspecified atom stereocenters. The summed E-state index contributed by atoms with van der Waals surface area (Å²) in [6, 6.07) is 8.76. The molecule has 1 aliphatic rings. The molecule has 1 aliphatic heterocycles. The summed E-state index contributed by atoms with van der Waals surface area (Å²) in [5.41, 5.74) is 3.00. The van der Waals surface area contributed by atoms with E-state index in [0.717, 1.165) is 33.8 Å². The van der Waals surface area contributed by atoms with Crippen molar-refractivity contribution in [2.45, 2.75) is 72.2 Å². The number of nitrogens with zero attached hydrogens (tertiary/aromatic N) is 6. The van der Waals surface area contributed by atoms with Crippen LogP contribution >= 0.6 is 0 Å². The minimum Gasteiger partial charge on any atom is -0.492 e. The van der Waals surface area contributed by atoms with Gasteiger partial charge >= 0.3 is 24.5 Å². The van der Waals surface area contributed by atoms with Crippen LogP contribution < -0.4 is 15.0 Å². The Morgan fingerprint density at radius 3 is 2.25 bits per heavy atom. The first-order valence-corrected chi connectivity index (χ1v) is 17.6. The van der Waals surface area contributed by atoms with Gasteiger partial charge in [0.1, 0.15) is 11.1 Å². The summed E-state index contributed by atoms with van der Waals surface area (Å²) in [5, 5.41) is 7.28. The molecular weight excluding hydrogens is 742 g/mol. The highest BCUT2D eigenvalue weighted by Crippen LogP contribution is 2.43. The monoisotopic (exact) mass is 781 g/mol. The highest BCUT2D eigenvalue weighted by Gasteiger charge is 2.34. The Hall–Kier alpha value is -6.20. The second-order valence-corrected chi connectivity index (χ2v) is 13.7. The summed E-state index contributed by atoms with van der Waals surface area (Å²) in [6.07, 6.45) is -3.52. The zero-order valence-electron chi connectivity index (χ0n) is 31.4. The summed E-state index contributed by atoms with van der Waals surface area (Å²) in [5.74, 6) is -1.03. The number of aromatic nitrogens is 5. The van der Waals surface area contributed by atoms with Crippen LogP contribution in [0.1, 0.15) is 62.6 Å². The van der Waals surface area contributed by atoms with E-state index in [1.165, 1.54) is 19.4 Å². The van der Waals surface area contributed by atoms with Crippen molar-refractivity contribution < 1.29 is 50.9 Å². The van der Waals surface area contributed by atoms with Crippen LogP contribution in [0.2, 0.25) is 0 Å². The molecule has 3 aromatic heterocycles. The quantitative estimate of drug-likeness (QED) is 0.122. The van der Waals surface area contributed by atoms with Crippen molar-refractivity contribution in [1.29, 1.82) is 0 Å². The number of hydrogen-bond acceptors (Lipinski definition) is 11. The Labute approximate surface area is 318 Å². The van der Waals surface area contributed by atoms with Gasteiger partial charge in [-0.15, -0.1) is 0 Å². The number of para-hydroxylation sites is 1. The molecule has 14 nitrogen and oxygen atoms in total. The largest absolute Gasteiger partial charge is 0.492 e. The van der Waals surface area contributed by atoms with Crippen molar-refractivity contribution in [3.05, 3.63) is 82.7 Å². The SMILES string of the molecule is CCc1cccc(CC)c1-n1nc2c(c1-c1cc(F)c(OC)c3c1ccn3C(=O)OCOC(=O)NC(=O)OC(C)(C)C)CN(c1ncc(C(F)(F)F)cn1)CC2. The fourth-order valence-electron chi connectivity index (χ4n) is 6.53. The maximum Gasteiger partial charge on any atom is 0.421 e. The van der Waals surface area contributed by atoms with E-state index in [4.69, 9.17) is 24.0 Å². The zero-order chi connectivity index (χ0) is 40.5. The van der Waals surface area contributed by atoms with E-state index in [1.807, 2.05) is 37.4 Å². The maximum atomic E-state index is 16.3. The number of alkyl halides is 3. The van der Waals surface area contributed by atoms with Crippen LogP contribution in [0.5, 0.6) is 5.75 Å². The molecule has 2 amide bonds. The lowest BCUT2D eigenvalue weighted by atomic mass is 9.97. The number of imide groups is 1. The molecule has 0 bridgehead atoms. The molecule has 56 heavy (non-hydrogen) atoms. The van der Waals surface area contributed by atoms with Crippen molar-refractivity contribution in [2.24, 2.45) is 0 Å². The Kier molecular flexibility index (Phi) is 10.9. The van der Waals surface area contributed by atoms with Crippen molar-refractivity contribution in [3.8, 4) is 22.7 Å². The van der Waals surface area contributed by atoms with Crippen molar-refractivity contribution >= 4 is 35.1 Å². The molecule has 296 valence electrons. The number of carbonyl (C=O) groups is 3. The Balaban J connectivity index is 1.43. The number of anilines is 1. The number of benzene rings is 2. The molecule has 5 aromatic rings. The lowest BCUT2D eigenvalue weighted by Crippen LogP contribution is -2.37. The molecule has 18 heteroatoms. The molecule has 4 heterocycles. The highest BCUT2D eigenvalue weighted by atomic mass is 19.4. The number of ether oxygens (including phenoxy) is 4. The van der Waals surface area contributed by atoms with Gasteiger partial charge in [0, 0.05) is 54.6 Å². The summed E-state index contributed by atoms with van der Waals surface area (Å²) in [7, 11) is 1.24. The summed E-state index contributed by atoms with van der Waals surface area (Å²) in [4.78, 5) is 47.2. The fourth-order valence-corrected chi connectivity index (χ4v) is 6.53. The number of carbonyl (C=O) groups excluding carboxylic acids is 3. The Morgan fingerprint density at radius 1 is 0.964 bits per heavy atom. The highest BCUT2D eigenvalue weighted by molar-refractivity contribution is 6.03. The van der Waals surface area contributed by atoms with E-state index in [2.05, 4.69) is 9.97 Å². The van der Waals surface area contributed by atoms with Gasteiger partial charge in [-0.3, -0.25) is 0 Å². The lowest BCUT2D eigenvalue weighted by Gasteiger charge is -2.27. The standard InChI is InChI=1S/C38H39F4N7O7/c1-7-21-10-9-11-22(8-2)29(21)49-30(26-19-47(14-13-28(26)46-49)33-43-17-23(18-44-33)38(40,41)42)25-16-27(39)32(53-6)31-24(25)12-15-48(31)36(52)55-20-54-34(50)45-35(51)56-37(3,4)5/h9-12,15-18H,7-8,13-14,19-20H2,1-6H3,(H,45,50,51). The van der Waals surface area contributed by atoms with Gasteiger partial charge in [-0.05, 0) is 56.9 Å². The van der Waals surface area contributed by atoms with Gasteiger partial charge in [0.2, 0.25) is 12.7 Å². The molecule has 0 radical (unpaired) electrons. The van der Waals surface area contributed by atoms with Crippen molar-refractivity contribution in [3.63, 3.8) is 0 Å². The minimum absolute atomic E-state index is 0.00886. The minimum atomic E-state index is -4.61. The first-order valence-electron chi connectivity index (χ1n) is 17.6. The molecule has 0 saturated carbocycles. The predicted molar refractivity (Wildman–Crippen MR) is 194 cm³/mol. The Bertz CT molecular complexity index is 2270.